The predicted octanol–water partition coefficient (Wildman–Crippen LogP) is 2.74. The smallest absolute Gasteiger partial charge is 0.0601 e. The van der Waals surface area contributed by atoms with E-state index in [2.05, 4.69) is 11.1 Å². The molecule has 2 nitrogen and oxygen atoms in total. The van der Waals surface area contributed by atoms with Crippen molar-refractivity contribution in [3.63, 3.8) is 0 Å². The molecule has 3 rings (SSSR count). The van der Waals surface area contributed by atoms with Gasteiger partial charge in [-0.2, -0.15) is 0 Å². The first-order valence-electron chi connectivity index (χ1n) is 5.42. The first-order chi connectivity index (χ1) is 7.73. The molecule has 4 heteroatoms. The minimum Gasteiger partial charge on any atom is -0.384 e. The van der Waals surface area contributed by atoms with Crippen molar-refractivity contribution < 1.29 is 4.74 Å². The summed E-state index contributed by atoms with van der Waals surface area (Å²) in [6.07, 6.45) is 5.30. The molecule has 1 aromatic rings. The van der Waals surface area contributed by atoms with Gasteiger partial charge >= 0.3 is 0 Å². The van der Waals surface area contributed by atoms with E-state index < -0.39 is 0 Å². The van der Waals surface area contributed by atoms with Crippen LogP contribution >= 0.6 is 24.0 Å². The Balaban J connectivity index is 1.93. The van der Waals surface area contributed by atoms with Crippen LogP contribution in [0.2, 0.25) is 0 Å². The summed E-state index contributed by atoms with van der Waals surface area (Å²) in [6, 6.07) is 2.26. The molecular weight excluding hydrogens is 238 g/mol. The van der Waals surface area contributed by atoms with E-state index in [-0.39, 0.29) is 5.41 Å². The van der Waals surface area contributed by atoms with Gasteiger partial charge in [0.25, 0.3) is 0 Å². The Morgan fingerprint density at radius 3 is 3.06 bits per heavy atom. The fourth-order valence-corrected chi connectivity index (χ4v) is 3.51. The molecule has 1 fully saturated rings. The number of hydrogen-bond acceptors (Lipinski definition) is 4. The van der Waals surface area contributed by atoms with Crippen LogP contribution in [-0.4, -0.2) is 22.9 Å². The molecule has 1 aliphatic carbocycles. The van der Waals surface area contributed by atoms with Crippen molar-refractivity contribution in [2.45, 2.75) is 29.6 Å². The van der Waals surface area contributed by atoms with Crippen molar-refractivity contribution in [2.24, 2.45) is 0 Å². The lowest BCUT2D eigenvalue weighted by Crippen LogP contribution is -2.14. The summed E-state index contributed by atoms with van der Waals surface area (Å²) in [7, 11) is 1.77. The van der Waals surface area contributed by atoms with Crippen LogP contribution in [-0.2, 0) is 16.6 Å². The number of methoxy groups -OCH3 is 1. The van der Waals surface area contributed by atoms with Crippen LogP contribution in [0.5, 0.6) is 0 Å². The quantitative estimate of drug-likeness (QED) is 0.770. The topological polar surface area (TPSA) is 22.1 Å². The van der Waals surface area contributed by atoms with Crippen molar-refractivity contribution in [1.29, 1.82) is 0 Å². The number of aromatic nitrogens is 1. The maximum absolute atomic E-state index is 5.30. The molecule has 0 atom stereocenters. The monoisotopic (exact) mass is 251 g/mol. The van der Waals surface area contributed by atoms with Crippen LogP contribution in [0.25, 0.3) is 0 Å². The van der Waals surface area contributed by atoms with Crippen LogP contribution in [0.4, 0.5) is 0 Å². The largest absolute Gasteiger partial charge is 0.384 e. The van der Waals surface area contributed by atoms with Gasteiger partial charge in [-0.1, -0.05) is 24.0 Å². The number of ether oxygens (including phenoxy) is 1. The Morgan fingerprint density at radius 1 is 1.56 bits per heavy atom. The molecule has 16 heavy (non-hydrogen) atoms. The number of thiocarbonyl (C=S) groups is 1. The fourth-order valence-electron chi connectivity index (χ4n) is 2.22. The molecule has 0 saturated heterocycles. The molecule has 2 aliphatic rings. The SMILES string of the molecule is COCC1(c2cnc3c(c2)SC(=S)C3)CC1. The summed E-state index contributed by atoms with van der Waals surface area (Å²) < 4.78 is 6.34. The molecule has 1 aromatic heterocycles. The Morgan fingerprint density at radius 2 is 2.38 bits per heavy atom. The van der Waals surface area contributed by atoms with Crippen molar-refractivity contribution in [3.05, 3.63) is 23.5 Å². The van der Waals surface area contributed by atoms with E-state index in [1.807, 2.05) is 6.20 Å². The van der Waals surface area contributed by atoms with E-state index in [9.17, 15) is 0 Å². The summed E-state index contributed by atoms with van der Waals surface area (Å²) >= 11 is 6.92. The third kappa shape index (κ3) is 1.69. The summed E-state index contributed by atoms with van der Waals surface area (Å²) in [5, 5.41) is 0. The van der Waals surface area contributed by atoms with E-state index in [1.165, 1.54) is 23.3 Å². The molecule has 0 radical (unpaired) electrons. The highest BCUT2D eigenvalue weighted by atomic mass is 32.2. The Bertz CT molecular complexity index is 454. The zero-order valence-electron chi connectivity index (χ0n) is 9.16. The van der Waals surface area contributed by atoms with Crippen molar-refractivity contribution in [2.75, 3.05) is 13.7 Å². The first kappa shape index (κ1) is 10.7. The van der Waals surface area contributed by atoms with Gasteiger partial charge in [-0.05, 0) is 24.5 Å². The van der Waals surface area contributed by atoms with Crippen molar-refractivity contribution in [3.8, 4) is 0 Å². The summed E-state index contributed by atoms with van der Waals surface area (Å²) in [6.45, 7) is 0.808. The minimum atomic E-state index is 0.252. The highest BCUT2D eigenvalue weighted by Crippen LogP contribution is 2.49. The average Bonchev–Trinajstić information content (AvgIpc) is 2.93. The van der Waals surface area contributed by atoms with Gasteiger partial charge in [-0.3, -0.25) is 4.98 Å². The molecule has 1 aliphatic heterocycles. The van der Waals surface area contributed by atoms with E-state index in [1.54, 1.807) is 18.9 Å². The molecule has 0 unspecified atom stereocenters. The number of thioether (sulfide) groups is 1. The van der Waals surface area contributed by atoms with Gasteiger partial charge in [0, 0.05) is 30.0 Å². The van der Waals surface area contributed by atoms with Gasteiger partial charge in [0.1, 0.15) is 0 Å². The normalized spacial score (nSPS) is 20.9. The Hall–Kier alpha value is -0.450. The Labute approximate surface area is 105 Å². The number of rotatable bonds is 3. The minimum absolute atomic E-state index is 0.252. The van der Waals surface area contributed by atoms with Crippen LogP contribution in [0.1, 0.15) is 24.1 Å². The van der Waals surface area contributed by atoms with Gasteiger partial charge in [-0.15, -0.1) is 0 Å². The number of pyridine rings is 1. The van der Waals surface area contributed by atoms with Crippen LogP contribution in [0.3, 0.4) is 0 Å². The predicted molar refractivity (Wildman–Crippen MR) is 69.2 cm³/mol. The van der Waals surface area contributed by atoms with Gasteiger partial charge < -0.3 is 4.74 Å². The molecule has 84 valence electrons. The summed E-state index contributed by atoms with van der Waals surface area (Å²) in [5.74, 6) is 0. The lowest BCUT2D eigenvalue weighted by molar-refractivity contribution is 0.171. The Kier molecular flexibility index (Phi) is 2.53. The molecule has 0 aromatic carbocycles. The van der Waals surface area contributed by atoms with Crippen molar-refractivity contribution in [1.82, 2.24) is 4.98 Å². The zero-order valence-corrected chi connectivity index (χ0v) is 10.8. The van der Waals surface area contributed by atoms with Gasteiger partial charge in [-0.25, -0.2) is 0 Å². The highest BCUT2D eigenvalue weighted by molar-refractivity contribution is 8.23. The standard InChI is InChI=1S/C12H13NOS2/c1-14-7-12(2-3-12)8-4-10-9(13-6-8)5-11(15)16-10/h4,6H,2-3,5,7H2,1H3. The zero-order chi connectivity index (χ0) is 11.2. The second-order valence-corrected chi connectivity index (χ2v) is 6.42. The average molecular weight is 251 g/mol. The lowest BCUT2D eigenvalue weighted by atomic mass is 9.98. The molecule has 1 saturated carbocycles. The molecule has 0 bridgehead atoms. The first-order valence-corrected chi connectivity index (χ1v) is 6.65. The molecule has 0 N–H and O–H groups in total. The van der Waals surface area contributed by atoms with Gasteiger partial charge in [0.15, 0.2) is 0 Å². The lowest BCUT2D eigenvalue weighted by Gasteiger charge is -2.14. The summed E-state index contributed by atoms with van der Waals surface area (Å²) in [5.41, 5.74) is 2.72. The van der Waals surface area contributed by atoms with Gasteiger partial charge in [0.2, 0.25) is 0 Å². The summed E-state index contributed by atoms with van der Waals surface area (Å²) in [4.78, 5) is 5.79. The second kappa shape index (κ2) is 3.79. The van der Waals surface area contributed by atoms with E-state index in [4.69, 9.17) is 17.0 Å². The molecule has 0 amide bonds. The third-order valence-electron chi connectivity index (χ3n) is 3.35. The van der Waals surface area contributed by atoms with Crippen LogP contribution in [0, 0.1) is 0 Å². The van der Waals surface area contributed by atoms with Crippen LogP contribution < -0.4 is 0 Å². The molecule has 0 spiro atoms. The number of fused-ring (bicyclic) bond motifs is 1. The maximum atomic E-state index is 5.30. The van der Waals surface area contributed by atoms with E-state index in [0.29, 0.717) is 0 Å². The second-order valence-electron chi connectivity index (χ2n) is 4.53. The maximum Gasteiger partial charge on any atom is 0.0601 e. The van der Waals surface area contributed by atoms with Gasteiger partial charge in [0.05, 0.1) is 16.5 Å². The van der Waals surface area contributed by atoms with Crippen molar-refractivity contribution >= 4 is 28.2 Å². The molecular formula is C12H13NOS2. The fraction of sp³-hybridized carbons (Fsp3) is 0.500. The molecule has 2 heterocycles. The number of hydrogen-bond donors (Lipinski definition) is 0. The van der Waals surface area contributed by atoms with Crippen LogP contribution in [0.15, 0.2) is 17.2 Å². The number of nitrogens with zero attached hydrogens (tertiary/aromatic N) is 1. The van der Waals surface area contributed by atoms with E-state index in [0.717, 1.165) is 22.9 Å². The third-order valence-corrected chi connectivity index (χ3v) is 4.69. The van der Waals surface area contributed by atoms with E-state index >= 15 is 0 Å². The highest BCUT2D eigenvalue weighted by Gasteiger charge is 2.45.